The monoisotopic (exact) mass is 250 g/mol. The summed E-state index contributed by atoms with van der Waals surface area (Å²) in [5.41, 5.74) is 1.26. The lowest BCUT2D eigenvalue weighted by molar-refractivity contribution is 0.376. The van der Waals surface area contributed by atoms with Crippen LogP contribution in [0.4, 0.5) is 0 Å². The molecule has 0 fully saturated rings. The maximum Gasteiger partial charge on any atom is 0.212 e. The quantitative estimate of drug-likeness (QED) is 0.770. The second-order valence-electron chi connectivity index (χ2n) is 4.82. The number of likely N-dealkylation sites (N-methyl/N-ethyl adjacent to an activating group) is 1. The smallest absolute Gasteiger partial charge is 0.212 e. The van der Waals surface area contributed by atoms with Crippen LogP contribution in [-0.2, 0) is 6.42 Å². The summed E-state index contributed by atoms with van der Waals surface area (Å²) in [4.78, 5) is 4.25. The molecule has 3 nitrogen and oxygen atoms in total. The van der Waals surface area contributed by atoms with Crippen molar-refractivity contribution in [3.8, 4) is 5.88 Å². The third-order valence-corrected chi connectivity index (χ3v) is 3.67. The molecular formula is C15H26N2O. The molecule has 1 N–H and O–H groups in total. The van der Waals surface area contributed by atoms with Crippen molar-refractivity contribution in [2.75, 3.05) is 14.2 Å². The predicted octanol–water partition coefficient (Wildman–Crippen LogP) is 3.05. The van der Waals surface area contributed by atoms with Crippen LogP contribution < -0.4 is 10.1 Å². The van der Waals surface area contributed by atoms with Crippen molar-refractivity contribution in [1.82, 2.24) is 10.3 Å². The average molecular weight is 250 g/mol. The molecule has 0 saturated carbocycles. The first-order valence-electron chi connectivity index (χ1n) is 6.89. The molecule has 0 aliphatic carbocycles. The third kappa shape index (κ3) is 4.65. The number of hydrogen-bond acceptors (Lipinski definition) is 3. The standard InChI is InChI=1S/C15H26N2O/c1-5-12(6-2)9-14(16-3)10-13-7-8-15(18-4)17-11-13/h7-8,11-12,14,16H,5-6,9-10H2,1-4H3. The molecule has 1 aromatic heterocycles. The molecule has 18 heavy (non-hydrogen) atoms. The van der Waals surface area contributed by atoms with E-state index in [1.54, 1.807) is 7.11 Å². The van der Waals surface area contributed by atoms with Crippen molar-refractivity contribution in [2.45, 2.75) is 45.6 Å². The van der Waals surface area contributed by atoms with Gasteiger partial charge >= 0.3 is 0 Å². The Hall–Kier alpha value is -1.09. The van der Waals surface area contributed by atoms with Crippen LogP contribution >= 0.6 is 0 Å². The van der Waals surface area contributed by atoms with E-state index in [1.807, 2.05) is 19.3 Å². The lowest BCUT2D eigenvalue weighted by Crippen LogP contribution is -2.30. The average Bonchev–Trinajstić information content (AvgIpc) is 2.44. The van der Waals surface area contributed by atoms with E-state index in [-0.39, 0.29) is 0 Å². The molecule has 1 aromatic rings. The zero-order valence-corrected chi connectivity index (χ0v) is 12.1. The van der Waals surface area contributed by atoms with Gasteiger partial charge < -0.3 is 10.1 Å². The highest BCUT2D eigenvalue weighted by atomic mass is 16.5. The fourth-order valence-electron chi connectivity index (χ4n) is 2.26. The van der Waals surface area contributed by atoms with Crippen molar-refractivity contribution < 1.29 is 4.74 Å². The maximum absolute atomic E-state index is 5.07. The van der Waals surface area contributed by atoms with Gasteiger partial charge in [0.25, 0.3) is 0 Å². The maximum atomic E-state index is 5.07. The molecule has 0 spiro atoms. The Labute approximate surface area is 111 Å². The summed E-state index contributed by atoms with van der Waals surface area (Å²) in [5.74, 6) is 1.49. The number of pyridine rings is 1. The van der Waals surface area contributed by atoms with Gasteiger partial charge in [0.2, 0.25) is 5.88 Å². The largest absolute Gasteiger partial charge is 0.481 e. The third-order valence-electron chi connectivity index (χ3n) is 3.67. The Bertz CT molecular complexity index is 320. The number of nitrogens with one attached hydrogen (secondary N) is 1. The van der Waals surface area contributed by atoms with Crippen LogP contribution in [0.25, 0.3) is 0 Å². The minimum Gasteiger partial charge on any atom is -0.481 e. The van der Waals surface area contributed by atoms with E-state index < -0.39 is 0 Å². The second-order valence-corrected chi connectivity index (χ2v) is 4.82. The molecule has 0 saturated heterocycles. The number of hydrogen-bond donors (Lipinski definition) is 1. The van der Waals surface area contributed by atoms with E-state index >= 15 is 0 Å². The van der Waals surface area contributed by atoms with E-state index in [0.29, 0.717) is 11.9 Å². The van der Waals surface area contributed by atoms with Crippen LogP contribution in [0.5, 0.6) is 5.88 Å². The molecule has 1 unspecified atom stereocenters. The van der Waals surface area contributed by atoms with Crippen molar-refractivity contribution in [2.24, 2.45) is 5.92 Å². The van der Waals surface area contributed by atoms with Crippen molar-refractivity contribution in [3.63, 3.8) is 0 Å². The first-order chi connectivity index (χ1) is 8.73. The SMILES string of the molecule is CCC(CC)CC(Cc1ccc(OC)nc1)NC. The molecule has 102 valence electrons. The molecular weight excluding hydrogens is 224 g/mol. The van der Waals surface area contributed by atoms with Crippen LogP contribution in [0.3, 0.4) is 0 Å². The van der Waals surface area contributed by atoms with E-state index in [1.165, 1.54) is 24.8 Å². The summed E-state index contributed by atoms with van der Waals surface area (Å²) in [5, 5.41) is 3.42. The fraction of sp³-hybridized carbons (Fsp3) is 0.667. The lowest BCUT2D eigenvalue weighted by atomic mass is 9.92. The van der Waals surface area contributed by atoms with Crippen LogP contribution in [0.15, 0.2) is 18.3 Å². The van der Waals surface area contributed by atoms with Gasteiger partial charge in [-0.3, -0.25) is 0 Å². The Balaban J connectivity index is 2.55. The first-order valence-corrected chi connectivity index (χ1v) is 6.89. The Morgan fingerprint density at radius 1 is 1.28 bits per heavy atom. The molecule has 0 aromatic carbocycles. The number of methoxy groups -OCH3 is 1. The summed E-state index contributed by atoms with van der Waals surface area (Å²) < 4.78 is 5.07. The Morgan fingerprint density at radius 2 is 2.00 bits per heavy atom. The highest BCUT2D eigenvalue weighted by molar-refractivity contribution is 5.18. The molecule has 0 bridgehead atoms. The van der Waals surface area contributed by atoms with E-state index in [0.717, 1.165) is 12.3 Å². The number of ether oxygens (including phenoxy) is 1. The molecule has 0 aliphatic heterocycles. The van der Waals surface area contributed by atoms with Gasteiger partial charge in [-0.1, -0.05) is 32.8 Å². The normalized spacial score (nSPS) is 12.7. The van der Waals surface area contributed by atoms with Gasteiger partial charge in [-0.2, -0.15) is 0 Å². The summed E-state index contributed by atoms with van der Waals surface area (Å²) in [6.45, 7) is 4.55. The zero-order valence-electron chi connectivity index (χ0n) is 12.1. The highest BCUT2D eigenvalue weighted by Crippen LogP contribution is 2.17. The molecule has 1 heterocycles. The first kappa shape index (κ1) is 15.0. The molecule has 0 radical (unpaired) electrons. The van der Waals surface area contributed by atoms with Gasteiger partial charge in [0, 0.05) is 18.3 Å². The topological polar surface area (TPSA) is 34.1 Å². The summed E-state index contributed by atoms with van der Waals surface area (Å²) >= 11 is 0. The molecule has 1 rings (SSSR count). The predicted molar refractivity (Wildman–Crippen MR) is 76.0 cm³/mol. The van der Waals surface area contributed by atoms with Crippen LogP contribution in [-0.4, -0.2) is 25.2 Å². The number of aromatic nitrogens is 1. The lowest BCUT2D eigenvalue weighted by Gasteiger charge is -2.21. The van der Waals surface area contributed by atoms with E-state index in [9.17, 15) is 0 Å². The number of rotatable bonds is 8. The van der Waals surface area contributed by atoms with Crippen LogP contribution in [0.1, 0.15) is 38.7 Å². The summed E-state index contributed by atoms with van der Waals surface area (Å²) in [7, 11) is 3.69. The van der Waals surface area contributed by atoms with E-state index in [4.69, 9.17) is 4.74 Å². The van der Waals surface area contributed by atoms with Gasteiger partial charge in [-0.05, 0) is 31.4 Å². The van der Waals surface area contributed by atoms with Crippen molar-refractivity contribution in [3.05, 3.63) is 23.9 Å². The van der Waals surface area contributed by atoms with Gasteiger partial charge in [0.05, 0.1) is 7.11 Å². The summed E-state index contributed by atoms with van der Waals surface area (Å²) in [6, 6.07) is 4.56. The van der Waals surface area contributed by atoms with E-state index in [2.05, 4.69) is 30.2 Å². The molecule has 0 aliphatic rings. The zero-order chi connectivity index (χ0) is 13.4. The van der Waals surface area contributed by atoms with Crippen LogP contribution in [0.2, 0.25) is 0 Å². The molecule has 3 heteroatoms. The highest BCUT2D eigenvalue weighted by Gasteiger charge is 2.13. The Morgan fingerprint density at radius 3 is 2.44 bits per heavy atom. The van der Waals surface area contributed by atoms with Crippen molar-refractivity contribution >= 4 is 0 Å². The van der Waals surface area contributed by atoms with Gasteiger partial charge in [0.15, 0.2) is 0 Å². The minimum absolute atomic E-state index is 0.532. The van der Waals surface area contributed by atoms with Gasteiger partial charge in [0.1, 0.15) is 0 Å². The van der Waals surface area contributed by atoms with Crippen LogP contribution in [0, 0.1) is 5.92 Å². The summed E-state index contributed by atoms with van der Waals surface area (Å²) in [6.07, 6.45) is 6.70. The number of nitrogens with zero attached hydrogens (tertiary/aromatic N) is 1. The van der Waals surface area contributed by atoms with Gasteiger partial charge in [-0.15, -0.1) is 0 Å². The fourth-order valence-corrected chi connectivity index (χ4v) is 2.26. The molecule has 0 amide bonds. The van der Waals surface area contributed by atoms with Crippen molar-refractivity contribution in [1.29, 1.82) is 0 Å². The molecule has 1 atom stereocenters. The second kappa shape index (κ2) is 8.09. The minimum atomic E-state index is 0.532. The Kier molecular flexibility index (Phi) is 6.73. The van der Waals surface area contributed by atoms with Gasteiger partial charge in [-0.25, -0.2) is 4.98 Å².